The Morgan fingerprint density at radius 3 is 3.00 bits per heavy atom. The maximum atomic E-state index is 11.1. The Labute approximate surface area is 158 Å². The summed E-state index contributed by atoms with van der Waals surface area (Å²) in [6.07, 6.45) is 6.63. The summed E-state index contributed by atoms with van der Waals surface area (Å²) in [6.45, 7) is 5.67. The van der Waals surface area contributed by atoms with Gasteiger partial charge in [-0.1, -0.05) is 6.07 Å². The number of nitrogens with zero attached hydrogens (tertiary/aromatic N) is 5. The van der Waals surface area contributed by atoms with Gasteiger partial charge in [0.2, 0.25) is 5.91 Å². The Kier molecular flexibility index (Phi) is 5.11. The van der Waals surface area contributed by atoms with Gasteiger partial charge in [-0.05, 0) is 36.7 Å². The molecule has 0 aromatic carbocycles. The average Bonchev–Trinajstić information content (AvgIpc) is 3.27. The molecule has 1 aliphatic rings. The van der Waals surface area contributed by atoms with Gasteiger partial charge in [0.25, 0.3) is 0 Å². The fraction of sp³-hybridized carbons (Fsp3) is 0.400. The number of rotatable bonds is 6. The largest absolute Gasteiger partial charge is 0.354 e. The zero-order valence-corrected chi connectivity index (χ0v) is 15.5. The number of hydrogen-bond donors (Lipinski definition) is 1. The summed E-state index contributed by atoms with van der Waals surface area (Å²) < 4.78 is 1.92. The lowest BCUT2D eigenvalue weighted by Gasteiger charge is -2.15. The van der Waals surface area contributed by atoms with E-state index >= 15 is 0 Å². The molecule has 3 aromatic heterocycles. The van der Waals surface area contributed by atoms with Crippen LogP contribution in [0, 0.1) is 0 Å². The van der Waals surface area contributed by atoms with E-state index in [2.05, 4.69) is 32.3 Å². The maximum Gasteiger partial charge on any atom is 0.216 e. The summed E-state index contributed by atoms with van der Waals surface area (Å²) in [7, 11) is 0. The van der Waals surface area contributed by atoms with Gasteiger partial charge in [0.05, 0.1) is 12.2 Å². The Balaban J connectivity index is 1.51. The van der Waals surface area contributed by atoms with Gasteiger partial charge in [0, 0.05) is 56.5 Å². The van der Waals surface area contributed by atoms with Crippen molar-refractivity contribution in [2.24, 2.45) is 0 Å². The van der Waals surface area contributed by atoms with Gasteiger partial charge in [-0.2, -0.15) is 5.10 Å². The molecule has 4 heterocycles. The molecule has 27 heavy (non-hydrogen) atoms. The molecule has 0 aliphatic carbocycles. The molecule has 1 amide bonds. The van der Waals surface area contributed by atoms with Crippen molar-refractivity contribution >= 4 is 16.9 Å². The molecule has 7 heteroatoms. The first kappa shape index (κ1) is 17.6. The average molecular weight is 364 g/mol. The zero-order valence-electron chi connectivity index (χ0n) is 15.5. The van der Waals surface area contributed by atoms with Crippen LogP contribution < -0.4 is 5.32 Å². The highest BCUT2D eigenvalue weighted by Crippen LogP contribution is 2.31. The number of amides is 1. The van der Waals surface area contributed by atoms with E-state index in [9.17, 15) is 4.79 Å². The molecule has 0 radical (unpaired) electrons. The fourth-order valence-electron chi connectivity index (χ4n) is 3.78. The lowest BCUT2D eigenvalue weighted by atomic mass is 10.0. The van der Waals surface area contributed by atoms with Crippen LogP contribution in [0.3, 0.4) is 0 Å². The van der Waals surface area contributed by atoms with Gasteiger partial charge in [-0.3, -0.25) is 14.7 Å². The molecular weight excluding hydrogens is 340 g/mol. The molecule has 1 N–H and O–H groups in total. The van der Waals surface area contributed by atoms with Crippen LogP contribution in [0.15, 0.2) is 42.9 Å². The van der Waals surface area contributed by atoms with Crippen LogP contribution in [0.25, 0.3) is 11.0 Å². The van der Waals surface area contributed by atoms with Crippen LogP contribution in [-0.2, 0) is 17.9 Å². The minimum absolute atomic E-state index is 0.0264. The van der Waals surface area contributed by atoms with Gasteiger partial charge in [-0.25, -0.2) is 9.67 Å². The minimum Gasteiger partial charge on any atom is -0.354 e. The highest BCUT2D eigenvalue weighted by atomic mass is 16.1. The number of likely N-dealkylation sites (tertiary alicyclic amines) is 1. The Bertz CT molecular complexity index is 923. The molecule has 140 valence electrons. The van der Waals surface area contributed by atoms with Crippen LogP contribution in [0.1, 0.15) is 30.5 Å². The minimum atomic E-state index is -0.0264. The molecule has 1 aliphatic heterocycles. The molecule has 1 atom stereocenters. The smallest absolute Gasteiger partial charge is 0.216 e. The topological polar surface area (TPSA) is 75.9 Å². The predicted octanol–water partition coefficient (Wildman–Crippen LogP) is 1.95. The molecule has 4 rings (SSSR count). The van der Waals surface area contributed by atoms with Crippen molar-refractivity contribution in [3.05, 3.63) is 54.1 Å². The molecule has 0 bridgehead atoms. The summed E-state index contributed by atoms with van der Waals surface area (Å²) in [5.74, 6) is 0.372. The fourth-order valence-corrected chi connectivity index (χ4v) is 3.78. The van der Waals surface area contributed by atoms with Crippen LogP contribution in [-0.4, -0.2) is 50.2 Å². The predicted molar refractivity (Wildman–Crippen MR) is 103 cm³/mol. The van der Waals surface area contributed by atoms with E-state index in [4.69, 9.17) is 5.10 Å². The number of hydrogen-bond acceptors (Lipinski definition) is 5. The lowest BCUT2D eigenvalue weighted by Crippen LogP contribution is -2.25. The first-order chi connectivity index (χ1) is 13.2. The van der Waals surface area contributed by atoms with E-state index in [0.29, 0.717) is 19.0 Å². The van der Waals surface area contributed by atoms with Crippen molar-refractivity contribution in [2.45, 2.75) is 32.4 Å². The summed E-state index contributed by atoms with van der Waals surface area (Å²) in [4.78, 5) is 22.3. The third kappa shape index (κ3) is 3.98. The van der Waals surface area contributed by atoms with Crippen molar-refractivity contribution in [3.8, 4) is 0 Å². The van der Waals surface area contributed by atoms with Crippen molar-refractivity contribution in [1.29, 1.82) is 0 Å². The Morgan fingerprint density at radius 1 is 1.30 bits per heavy atom. The van der Waals surface area contributed by atoms with Crippen LogP contribution in [0.5, 0.6) is 0 Å². The van der Waals surface area contributed by atoms with Gasteiger partial charge in [0.15, 0.2) is 5.65 Å². The number of pyridine rings is 2. The summed E-state index contributed by atoms with van der Waals surface area (Å²) in [5, 5.41) is 8.82. The molecule has 7 nitrogen and oxygen atoms in total. The molecule has 0 unspecified atom stereocenters. The van der Waals surface area contributed by atoms with E-state index in [1.165, 1.54) is 12.5 Å². The normalized spacial score (nSPS) is 17.4. The highest BCUT2D eigenvalue weighted by Gasteiger charge is 2.28. The first-order valence-electron chi connectivity index (χ1n) is 9.38. The van der Waals surface area contributed by atoms with Gasteiger partial charge in [-0.15, -0.1) is 0 Å². The summed E-state index contributed by atoms with van der Waals surface area (Å²) in [5.41, 5.74) is 3.25. The van der Waals surface area contributed by atoms with Crippen molar-refractivity contribution in [2.75, 3.05) is 19.6 Å². The second kappa shape index (κ2) is 7.84. The zero-order chi connectivity index (χ0) is 18.6. The van der Waals surface area contributed by atoms with Gasteiger partial charge >= 0.3 is 0 Å². The number of aromatic nitrogens is 4. The van der Waals surface area contributed by atoms with E-state index < -0.39 is 0 Å². The number of carbonyl (C=O) groups is 1. The Hall–Kier alpha value is -2.80. The summed E-state index contributed by atoms with van der Waals surface area (Å²) in [6, 6.07) is 8.17. The molecule has 1 saturated heterocycles. The monoisotopic (exact) mass is 364 g/mol. The van der Waals surface area contributed by atoms with Gasteiger partial charge in [0.1, 0.15) is 0 Å². The molecule has 1 fully saturated rings. The van der Waals surface area contributed by atoms with E-state index in [-0.39, 0.29) is 5.91 Å². The van der Waals surface area contributed by atoms with Crippen LogP contribution in [0.4, 0.5) is 0 Å². The van der Waals surface area contributed by atoms with Crippen LogP contribution in [0.2, 0.25) is 0 Å². The second-order valence-corrected chi connectivity index (χ2v) is 7.05. The SMILES string of the molecule is CC(=O)NCCn1nc([C@H]2CCN(Cc3cccnc3)C2)c2cccnc21. The quantitative estimate of drug-likeness (QED) is 0.724. The third-order valence-corrected chi connectivity index (χ3v) is 5.02. The van der Waals surface area contributed by atoms with E-state index in [0.717, 1.165) is 42.8 Å². The lowest BCUT2D eigenvalue weighted by molar-refractivity contribution is -0.118. The van der Waals surface area contributed by atoms with Crippen molar-refractivity contribution in [1.82, 2.24) is 30.0 Å². The van der Waals surface area contributed by atoms with E-state index in [1.807, 2.05) is 29.2 Å². The van der Waals surface area contributed by atoms with E-state index in [1.54, 1.807) is 6.20 Å². The number of fused-ring (bicyclic) bond motifs is 1. The summed E-state index contributed by atoms with van der Waals surface area (Å²) >= 11 is 0. The molecule has 0 saturated carbocycles. The highest BCUT2D eigenvalue weighted by molar-refractivity contribution is 5.79. The standard InChI is InChI=1S/C20H24N6O/c1-15(27)22-9-11-26-20-18(5-3-8-23-20)19(24-26)17-6-10-25(14-17)13-16-4-2-7-21-12-16/h2-5,7-8,12,17H,6,9-11,13-14H2,1H3,(H,22,27)/t17-/m0/s1. The Morgan fingerprint density at radius 2 is 2.19 bits per heavy atom. The number of nitrogens with one attached hydrogen (secondary N) is 1. The number of carbonyl (C=O) groups excluding carboxylic acids is 1. The van der Waals surface area contributed by atoms with Gasteiger partial charge < -0.3 is 5.32 Å². The molecule has 0 spiro atoms. The molecule has 3 aromatic rings. The van der Waals surface area contributed by atoms with Crippen molar-refractivity contribution < 1.29 is 4.79 Å². The first-order valence-corrected chi connectivity index (χ1v) is 9.38. The van der Waals surface area contributed by atoms with Crippen molar-refractivity contribution in [3.63, 3.8) is 0 Å². The maximum absolute atomic E-state index is 11.1. The second-order valence-electron chi connectivity index (χ2n) is 7.05. The van der Waals surface area contributed by atoms with Crippen LogP contribution >= 0.6 is 0 Å². The molecular formula is C20H24N6O. The third-order valence-electron chi connectivity index (χ3n) is 5.02.